The molecule has 0 unspecified atom stereocenters. The first-order valence-corrected chi connectivity index (χ1v) is 10.4. The van der Waals surface area contributed by atoms with Crippen molar-refractivity contribution in [1.82, 2.24) is 10.2 Å². The van der Waals surface area contributed by atoms with Gasteiger partial charge in [-0.05, 0) is 30.5 Å². The van der Waals surface area contributed by atoms with Gasteiger partial charge in [0.1, 0.15) is 0 Å². The van der Waals surface area contributed by atoms with Crippen LogP contribution in [-0.4, -0.2) is 55.8 Å². The first-order chi connectivity index (χ1) is 14.4. The van der Waals surface area contributed by atoms with Crippen molar-refractivity contribution in [3.8, 4) is 0 Å². The largest absolute Gasteiger partial charge is 0.456 e. The molecule has 0 aromatic heterocycles. The normalized spacial score (nSPS) is 20.7. The molecule has 3 amide bonds. The number of hydrogen-bond donors (Lipinski definition) is 1. The van der Waals surface area contributed by atoms with Crippen LogP contribution in [0.5, 0.6) is 0 Å². The van der Waals surface area contributed by atoms with E-state index in [1.54, 1.807) is 0 Å². The van der Waals surface area contributed by atoms with E-state index in [1.165, 1.54) is 4.90 Å². The Labute approximate surface area is 176 Å². The van der Waals surface area contributed by atoms with Crippen LogP contribution < -0.4 is 10.2 Å². The molecular formula is C22H29N3O5. The van der Waals surface area contributed by atoms with Gasteiger partial charge in [-0.3, -0.25) is 24.1 Å². The minimum absolute atomic E-state index is 0.0172. The lowest BCUT2D eigenvalue weighted by molar-refractivity contribution is -0.150. The third-order valence-electron chi connectivity index (χ3n) is 5.78. The summed E-state index contributed by atoms with van der Waals surface area (Å²) in [7, 11) is 3.90. The van der Waals surface area contributed by atoms with Crippen molar-refractivity contribution in [2.24, 2.45) is 11.8 Å². The third kappa shape index (κ3) is 5.17. The van der Waals surface area contributed by atoms with Gasteiger partial charge in [-0.2, -0.15) is 0 Å². The van der Waals surface area contributed by atoms with E-state index in [4.69, 9.17) is 4.74 Å². The van der Waals surface area contributed by atoms with E-state index in [2.05, 4.69) is 5.32 Å². The topological polar surface area (TPSA) is 96.0 Å². The van der Waals surface area contributed by atoms with E-state index >= 15 is 0 Å². The quantitative estimate of drug-likeness (QED) is 0.510. The Morgan fingerprint density at radius 1 is 1.07 bits per heavy atom. The number of benzene rings is 1. The summed E-state index contributed by atoms with van der Waals surface area (Å²) in [4.78, 5) is 51.8. The minimum atomic E-state index is -0.601. The zero-order valence-corrected chi connectivity index (χ0v) is 17.6. The molecular weight excluding hydrogens is 386 g/mol. The molecule has 1 N–H and O–H groups in total. The van der Waals surface area contributed by atoms with E-state index in [0.29, 0.717) is 6.54 Å². The molecule has 2 fully saturated rings. The van der Waals surface area contributed by atoms with Crippen LogP contribution in [0.4, 0.5) is 5.69 Å². The summed E-state index contributed by atoms with van der Waals surface area (Å²) in [5, 5.41) is 2.70. The van der Waals surface area contributed by atoms with E-state index < -0.39 is 11.9 Å². The van der Waals surface area contributed by atoms with Gasteiger partial charge >= 0.3 is 5.97 Å². The van der Waals surface area contributed by atoms with Crippen LogP contribution in [0.2, 0.25) is 0 Å². The number of fused-ring (bicyclic) bond motifs is 1. The van der Waals surface area contributed by atoms with Gasteiger partial charge < -0.3 is 15.0 Å². The summed E-state index contributed by atoms with van der Waals surface area (Å²) in [6.07, 6.45) is 3.31. The van der Waals surface area contributed by atoms with Gasteiger partial charge in [0.2, 0.25) is 11.8 Å². The lowest BCUT2D eigenvalue weighted by Crippen LogP contribution is -2.34. The van der Waals surface area contributed by atoms with Crippen molar-refractivity contribution in [2.75, 3.05) is 32.1 Å². The summed E-state index contributed by atoms with van der Waals surface area (Å²) >= 11 is 0. The smallest absolute Gasteiger partial charge is 0.308 e. The predicted octanol–water partition coefficient (Wildman–Crippen LogP) is 1.48. The van der Waals surface area contributed by atoms with E-state index in [1.807, 2.05) is 43.3 Å². The lowest BCUT2D eigenvalue weighted by Gasteiger charge is -2.19. The molecule has 30 heavy (non-hydrogen) atoms. The molecule has 2 aliphatic rings. The SMILES string of the molecule is CN(C)c1ccc(CNC(=O)COC(=O)CCN2C(=O)[C@H]3CCCC[C@@H]3C2=O)cc1. The number of ether oxygens (including phenoxy) is 1. The van der Waals surface area contributed by atoms with Gasteiger partial charge in [-0.1, -0.05) is 25.0 Å². The average molecular weight is 415 g/mol. The van der Waals surface area contributed by atoms with Crippen LogP contribution in [0, 0.1) is 11.8 Å². The standard InChI is InChI=1S/C22H29N3O5/c1-24(2)16-9-7-15(8-10-16)13-23-19(26)14-30-20(27)11-12-25-21(28)17-5-3-4-6-18(17)22(25)29/h7-10,17-18H,3-6,11-14H2,1-2H3,(H,23,26)/t17-,18-/m0/s1. The number of amides is 3. The highest BCUT2D eigenvalue weighted by Gasteiger charge is 2.47. The maximum absolute atomic E-state index is 12.4. The molecule has 162 valence electrons. The second-order valence-corrected chi connectivity index (χ2v) is 8.07. The Hall–Kier alpha value is -2.90. The molecule has 3 rings (SSSR count). The van der Waals surface area contributed by atoms with Crippen LogP contribution in [-0.2, 0) is 30.5 Å². The molecule has 2 atom stereocenters. The molecule has 1 saturated carbocycles. The second-order valence-electron chi connectivity index (χ2n) is 8.07. The van der Waals surface area contributed by atoms with E-state index in [0.717, 1.165) is 36.9 Å². The molecule has 8 heteroatoms. The molecule has 0 bridgehead atoms. The summed E-state index contributed by atoms with van der Waals surface area (Å²) < 4.78 is 4.98. The molecule has 1 aromatic rings. The molecule has 1 heterocycles. The second kappa shape index (κ2) is 9.73. The van der Waals surface area contributed by atoms with Crippen LogP contribution in [0.15, 0.2) is 24.3 Å². The first kappa shape index (κ1) is 21.8. The molecule has 1 aromatic carbocycles. The maximum Gasteiger partial charge on any atom is 0.308 e. The van der Waals surface area contributed by atoms with Crippen LogP contribution in [0.1, 0.15) is 37.7 Å². The molecule has 1 aliphatic heterocycles. The van der Waals surface area contributed by atoms with Crippen molar-refractivity contribution in [2.45, 2.75) is 38.6 Å². The lowest BCUT2D eigenvalue weighted by atomic mass is 9.81. The fourth-order valence-electron chi connectivity index (χ4n) is 4.04. The molecule has 8 nitrogen and oxygen atoms in total. The van der Waals surface area contributed by atoms with E-state index in [-0.39, 0.29) is 43.2 Å². The van der Waals surface area contributed by atoms with Gasteiger partial charge in [-0.15, -0.1) is 0 Å². The zero-order valence-electron chi connectivity index (χ0n) is 17.6. The van der Waals surface area contributed by atoms with E-state index in [9.17, 15) is 19.2 Å². The van der Waals surface area contributed by atoms with Crippen molar-refractivity contribution < 1.29 is 23.9 Å². The molecule has 0 radical (unpaired) electrons. The number of rotatable bonds is 8. The van der Waals surface area contributed by atoms with Crippen molar-refractivity contribution >= 4 is 29.4 Å². The Bertz CT molecular complexity index is 781. The van der Waals surface area contributed by atoms with Gasteiger partial charge in [0.05, 0.1) is 18.3 Å². The predicted molar refractivity (Wildman–Crippen MR) is 110 cm³/mol. The van der Waals surface area contributed by atoms with Crippen LogP contribution >= 0.6 is 0 Å². The molecule has 1 aliphatic carbocycles. The van der Waals surface area contributed by atoms with Crippen molar-refractivity contribution in [1.29, 1.82) is 0 Å². The van der Waals surface area contributed by atoms with Gasteiger partial charge in [0.15, 0.2) is 6.61 Å². The van der Waals surface area contributed by atoms with Crippen molar-refractivity contribution in [3.05, 3.63) is 29.8 Å². The van der Waals surface area contributed by atoms with Crippen molar-refractivity contribution in [3.63, 3.8) is 0 Å². The number of esters is 1. The zero-order chi connectivity index (χ0) is 21.7. The first-order valence-electron chi connectivity index (χ1n) is 10.4. The number of imide groups is 1. The summed E-state index contributed by atoms with van der Waals surface area (Å²) in [5.41, 5.74) is 2.00. The number of nitrogens with one attached hydrogen (secondary N) is 1. The van der Waals surface area contributed by atoms with Gasteiger partial charge in [-0.25, -0.2) is 0 Å². The Morgan fingerprint density at radius 2 is 1.67 bits per heavy atom. The summed E-state index contributed by atoms with van der Waals surface area (Å²) in [5.74, 6) is -1.79. The Balaban J connectivity index is 1.36. The number of carbonyl (C=O) groups is 4. The molecule has 1 saturated heterocycles. The molecule has 0 spiro atoms. The number of carbonyl (C=O) groups excluding carboxylic acids is 4. The number of anilines is 1. The Morgan fingerprint density at radius 3 is 2.23 bits per heavy atom. The monoisotopic (exact) mass is 415 g/mol. The van der Waals surface area contributed by atoms with Crippen LogP contribution in [0.25, 0.3) is 0 Å². The Kier molecular flexibility index (Phi) is 7.07. The fraction of sp³-hybridized carbons (Fsp3) is 0.545. The highest BCUT2D eigenvalue weighted by Crippen LogP contribution is 2.37. The summed E-state index contributed by atoms with van der Waals surface area (Å²) in [6, 6.07) is 7.75. The van der Waals surface area contributed by atoms with Gasteiger partial charge in [0, 0.05) is 32.9 Å². The third-order valence-corrected chi connectivity index (χ3v) is 5.78. The van der Waals surface area contributed by atoms with Crippen LogP contribution in [0.3, 0.4) is 0 Å². The highest BCUT2D eigenvalue weighted by atomic mass is 16.5. The maximum atomic E-state index is 12.4. The highest BCUT2D eigenvalue weighted by molar-refractivity contribution is 6.05. The minimum Gasteiger partial charge on any atom is -0.456 e. The van der Waals surface area contributed by atoms with Gasteiger partial charge in [0.25, 0.3) is 5.91 Å². The average Bonchev–Trinajstić information content (AvgIpc) is 2.99. The summed E-state index contributed by atoms with van der Waals surface area (Å²) in [6.45, 7) is -0.0330. The number of nitrogens with zero attached hydrogens (tertiary/aromatic N) is 2. The number of hydrogen-bond acceptors (Lipinski definition) is 6. The fourth-order valence-corrected chi connectivity index (χ4v) is 4.04. The number of likely N-dealkylation sites (tertiary alicyclic amines) is 1.